The van der Waals surface area contributed by atoms with Crippen LogP contribution < -0.4 is 9.47 Å². The van der Waals surface area contributed by atoms with Gasteiger partial charge in [-0.05, 0) is 113 Å². The van der Waals surface area contributed by atoms with Crippen molar-refractivity contribution >= 4 is 16.6 Å². The van der Waals surface area contributed by atoms with E-state index < -0.39 is 12.0 Å². The van der Waals surface area contributed by atoms with E-state index in [1.165, 1.54) is 13.5 Å². The summed E-state index contributed by atoms with van der Waals surface area (Å²) < 4.78 is 11.2. The number of aromatic hydroxyl groups is 2. The number of ether oxygens (including phenoxy) is 2. The van der Waals surface area contributed by atoms with Crippen LogP contribution >= 0.6 is 0 Å². The fraction of sp³-hybridized carbons (Fsp3) is 0.340. The summed E-state index contributed by atoms with van der Waals surface area (Å²) in [6.45, 7) is 2.19. The summed E-state index contributed by atoms with van der Waals surface area (Å²) in [6.07, 6.45) is 11.7. The molecule has 3 atom stereocenters. The number of hydrogen-bond acceptors (Lipinski definition) is 6. The summed E-state index contributed by atoms with van der Waals surface area (Å²) in [4.78, 5) is 21.0. The highest BCUT2D eigenvalue weighted by molar-refractivity contribution is 5.86. The summed E-state index contributed by atoms with van der Waals surface area (Å²) >= 11 is 0. The van der Waals surface area contributed by atoms with Gasteiger partial charge in [0.25, 0.3) is 0 Å². The van der Waals surface area contributed by atoms with Crippen molar-refractivity contribution in [3.05, 3.63) is 143 Å². The van der Waals surface area contributed by atoms with Gasteiger partial charge in [-0.15, -0.1) is 0 Å². The van der Waals surface area contributed by atoms with Gasteiger partial charge in [-0.1, -0.05) is 74.4 Å². The summed E-state index contributed by atoms with van der Waals surface area (Å²) in [5, 5.41) is 35.5. The van der Waals surface area contributed by atoms with Crippen LogP contribution in [-0.4, -0.2) is 51.4 Å². The third kappa shape index (κ3) is 9.99. The number of nitrogens with one attached hydrogen (secondary N) is 2. The zero-order chi connectivity index (χ0) is 38.7. The number of aromatic amines is 2. The highest BCUT2D eigenvalue weighted by atomic mass is 16.5. The topological polar surface area (TPSA) is 128 Å². The number of fused-ring (bicyclic) bond motifs is 1. The molecule has 4 aromatic carbocycles. The fourth-order valence-corrected chi connectivity index (χ4v) is 7.90. The lowest BCUT2D eigenvalue weighted by molar-refractivity contribution is -0.125. The van der Waals surface area contributed by atoms with E-state index in [2.05, 4.69) is 47.2 Å². The van der Waals surface area contributed by atoms with Crippen LogP contribution in [0.25, 0.3) is 10.8 Å². The fourth-order valence-electron chi connectivity index (χ4n) is 7.90. The first-order valence-corrected chi connectivity index (χ1v) is 19.4. The molecular formula is C47H54N2O6. The van der Waals surface area contributed by atoms with Crippen molar-refractivity contribution in [2.45, 2.75) is 77.2 Å². The molecular weight excluding hydrogens is 689 g/mol. The second kappa shape index (κ2) is 18.7. The Morgan fingerprint density at radius 2 is 1.56 bits per heavy atom. The molecule has 2 heterocycles. The molecule has 0 saturated heterocycles. The Labute approximate surface area is 324 Å². The van der Waals surface area contributed by atoms with Crippen LogP contribution in [0, 0.1) is 11.8 Å². The van der Waals surface area contributed by atoms with Gasteiger partial charge in [0.15, 0.2) is 23.0 Å². The number of aliphatic hydroxyl groups excluding tert-OH is 1. The zero-order valence-electron chi connectivity index (χ0n) is 32.2. The van der Waals surface area contributed by atoms with Crippen LogP contribution in [0.4, 0.5) is 0 Å². The van der Waals surface area contributed by atoms with Crippen molar-refractivity contribution in [3.8, 4) is 23.0 Å². The smallest absolute Gasteiger partial charge is 0.164 e. The Hall–Kier alpha value is -5.47. The van der Waals surface area contributed by atoms with Gasteiger partial charge in [-0.2, -0.15) is 0 Å². The summed E-state index contributed by atoms with van der Waals surface area (Å²) in [5.74, 6) is 0.141. The van der Waals surface area contributed by atoms with E-state index in [9.17, 15) is 20.1 Å². The molecule has 8 heteroatoms. The maximum atomic E-state index is 14.4. The number of H-pyrrole nitrogens is 2. The molecule has 6 rings (SSSR count). The minimum absolute atomic E-state index is 0.0172. The molecule has 0 spiro atoms. The summed E-state index contributed by atoms with van der Waals surface area (Å²) in [5.41, 5.74) is 7.04. The van der Waals surface area contributed by atoms with Gasteiger partial charge < -0.3 is 34.8 Å². The van der Waals surface area contributed by atoms with Gasteiger partial charge in [-0.25, -0.2) is 0 Å². The molecule has 3 unspecified atom stereocenters. The molecule has 55 heavy (non-hydrogen) atoms. The Morgan fingerprint density at radius 1 is 0.764 bits per heavy atom. The van der Waals surface area contributed by atoms with Gasteiger partial charge in [0, 0.05) is 48.6 Å². The average Bonchev–Trinajstić information content (AvgIpc) is 3.88. The van der Waals surface area contributed by atoms with Crippen LogP contribution in [0.3, 0.4) is 0 Å². The molecule has 2 aromatic heterocycles. The lowest BCUT2D eigenvalue weighted by Crippen LogP contribution is -2.31. The molecule has 0 bridgehead atoms. The van der Waals surface area contributed by atoms with E-state index in [4.69, 9.17) is 9.47 Å². The van der Waals surface area contributed by atoms with Crippen molar-refractivity contribution in [2.75, 3.05) is 14.2 Å². The zero-order valence-corrected chi connectivity index (χ0v) is 32.2. The van der Waals surface area contributed by atoms with Crippen LogP contribution in [0.15, 0.2) is 104 Å². The van der Waals surface area contributed by atoms with Crippen LogP contribution in [0.1, 0.15) is 71.7 Å². The number of aromatic nitrogens is 2. The van der Waals surface area contributed by atoms with Crippen molar-refractivity contribution < 1.29 is 29.6 Å². The average molecular weight is 743 g/mol. The number of unbranched alkanes of at least 4 members (excludes halogenated alkanes) is 2. The number of ketones is 1. The monoisotopic (exact) mass is 742 g/mol. The first-order valence-electron chi connectivity index (χ1n) is 19.4. The normalized spacial score (nSPS) is 13.1. The van der Waals surface area contributed by atoms with E-state index >= 15 is 0 Å². The van der Waals surface area contributed by atoms with Crippen molar-refractivity contribution in [3.63, 3.8) is 0 Å². The molecule has 5 N–H and O–H groups in total. The Morgan fingerprint density at radius 3 is 2.35 bits per heavy atom. The quantitative estimate of drug-likeness (QED) is 0.0497. The largest absolute Gasteiger partial charge is 0.504 e. The number of Topliss-reactive ketones (excluding diaryl/α,β-unsaturated/α-hetero) is 1. The number of benzene rings is 4. The molecule has 0 amide bonds. The molecule has 0 saturated carbocycles. The minimum atomic E-state index is -0.944. The number of phenolic OH excluding ortho intramolecular Hbond substituents is 2. The Kier molecular flexibility index (Phi) is 13.4. The standard InChI is InChI=1S/C47H54N2O6/c1-4-5-6-13-39-24-33(30-49-39)23-37(21-31-15-17-42(50)46(25-31)54-2)44(52)28-45(53)38(22-32-19-20-48-29-32)26-36-16-18-43(51)47(55-3)41(36)27-35-12-9-11-34-10-7-8-14-40(34)35/h7-12,14-20,24-25,29-30,37-38,45,48-51,53H,4-6,13,21-23,26-28H2,1-3H3. The van der Waals surface area contributed by atoms with Gasteiger partial charge in [0.1, 0.15) is 5.78 Å². The highest BCUT2D eigenvalue weighted by Crippen LogP contribution is 2.38. The van der Waals surface area contributed by atoms with E-state index in [1.54, 1.807) is 25.3 Å². The van der Waals surface area contributed by atoms with E-state index in [1.807, 2.05) is 55.0 Å². The first kappa shape index (κ1) is 39.2. The molecule has 288 valence electrons. The molecule has 0 aliphatic heterocycles. The molecule has 0 fully saturated rings. The van der Waals surface area contributed by atoms with Gasteiger partial charge in [0.05, 0.1) is 20.3 Å². The SMILES string of the molecule is CCCCCc1cc(CC(Cc2ccc(O)c(OC)c2)C(=O)CC(O)C(Cc2cc[nH]c2)Cc2ccc(O)c(OC)c2Cc2cccc3ccccc23)c[nH]1. The predicted octanol–water partition coefficient (Wildman–Crippen LogP) is 9.07. The first-order chi connectivity index (χ1) is 26.8. The number of carbonyl (C=O) groups is 1. The maximum absolute atomic E-state index is 14.4. The molecule has 0 aliphatic carbocycles. The lowest BCUT2D eigenvalue weighted by Gasteiger charge is -2.26. The van der Waals surface area contributed by atoms with Crippen LogP contribution in [0.5, 0.6) is 23.0 Å². The van der Waals surface area contributed by atoms with Crippen LogP contribution in [0.2, 0.25) is 0 Å². The molecule has 8 nitrogen and oxygen atoms in total. The predicted molar refractivity (Wildman–Crippen MR) is 218 cm³/mol. The highest BCUT2D eigenvalue weighted by Gasteiger charge is 2.29. The van der Waals surface area contributed by atoms with Gasteiger partial charge >= 0.3 is 0 Å². The third-order valence-corrected chi connectivity index (χ3v) is 10.9. The molecule has 0 aliphatic rings. The number of carbonyl (C=O) groups excluding carboxylic acids is 1. The van der Waals surface area contributed by atoms with Gasteiger partial charge in [-0.3, -0.25) is 4.79 Å². The molecule has 6 aromatic rings. The van der Waals surface area contributed by atoms with E-state index in [0.29, 0.717) is 43.6 Å². The number of rotatable bonds is 20. The number of aliphatic hydroxyl groups is 1. The van der Waals surface area contributed by atoms with Crippen molar-refractivity contribution in [2.24, 2.45) is 11.8 Å². The minimum Gasteiger partial charge on any atom is -0.504 e. The maximum Gasteiger partial charge on any atom is 0.164 e. The number of hydrogen-bond donors (Lipinski definition) is 5. The Balaban J connectivity index is 1.28. The third-order valence-electron chi connectivity index (χ3n) is 10.9. The summed E-state index contributed by atoms with van der Waals surface area (Å²) in [7, 11) is 3.08. The van der Waals surface area contributed by atoms with E-state index in [0.717, 1.165) is 69.1 Å². The lowest BCUT2D eigenvalue weighted by atomic mass is 9.81. The van der Waals surface area contributed by atoms with Crippen molar-refractivity contribution in [1.82, 2.24) is 9.97 Å². The number of phenols is 2. The van der Waals surface area contributed by atoms with Crippen LogP contribution in [-0.2, 0) is 43.3 Å². The van der Waals surface area contributed by atoms with E-state index in [-0.39, 0.29) is 29.6 Å². The molecule has 0 radical (unpaired) electrons. The van der Waals surface area contributed by atoms with Crippen molar-refractivity contribution in [1.29, 1.82) is 0 Å². The number of aryl methyl sites for hydroxylation is 1. The summed E-state index contributed by atoms with van der Waals surface area (Å²) in [6, 6.07) is 27.4. The Bertz CT molecular complexity index is 2150. The second-order valence-corrected chi connectivity index (χ2v) is 14.8. The second-order valence-electron chi connectivity index (χ2n) is 14.8. The number of methoxy groups -OCH3 is 2. The van der Waals surface area contributed by atoms with Gasteiger partial charge in [0.2, 0.25) is 0 Å².